The van der Waals surface area contributed by atoms with Crippen LogP contribution in [0.4, 0.5) is 11.4 Å². The van der Waals surface area contributed by atoms with Crippen molar-refractivity contribution in [2.75, 3.05) is 24.2 Å². The number of rotatable bonds is 5. The number of nitrogens with one attached hydrogen (secondary N) is 1. The first-order valence-electron chi connectivity index (χ1n) is 4.68. The Morgan fingerprint density at radius 1 is 1.53 bits per heavy atom. The maximum Gasteiger partial charge on any atom is 0.236 e. The number of amides is 1. The van der Waals surface area contributed by atoms with Crippen LogP contribution in [0.1, 0.15) is 6.92 Å². The quantitative estimate of drug-likeness (QED) is 0.618. The number of anilines is 2. The lowest BCUT2D eigenvalue weighted by Gasteiger charge is -2.11. The van der Waals surface area contributed by atoms with Gasteiger partial charge in [-0.05, 0) is 19.1 Å². The lowest BCUT2D eigenvalue weighted by atomic mass is 10.2. The molecule has 0 heterocycles. The third kappa shape index (κ3) is 3.05. The molecule has 0 bridgehead atoms. The molecule has 0 atom stereocenters. The molecular formula is C10H15N3O2. The number of carbonyl (C=O) groups excluding carboxylic acids is 1. The van der Waals surface area contributed by atoms with Crippen molar-refractivity contribution in [3.05, 3.63) is 18.2 Å². The Labute approximate surface area is 88.4 Å². The molecule has 0 aromatic heterocycles. The average molecular weight is 209 g/mol. The molecule has 0 radical (unpaired) electrons. The zero-order chi connectivity index (χ0) is 11.3. The summed E-state index contributed by atoms with van der Waals surface area (Å²) in [5, 5.41) is 2.83. The third-order valence-electron chi connectivity index (χ3n) is 1.82. The molecule has 1 aromatic rings. The summed E-state index contributed by atoms with van der Waals surface area (Å²) >= 11 is 0. The van der Waals surface area contributed by atoms with E-state index in [0.29, 0.717) is 23.7 Å². The minimum atomic E-state index is -0.434. The molecule has 82 valence electrons. The van der Waals surface area contributed by atoms with Crippen LogP contribution in [-0.2, 0) is 4.79 Å². The van der Waals surface area contributed by atoms with Gasteiger partial charge in [0.05, 0.1) is 24.5 Å². The van der Waals surface area contributed by atoms with Crippen molar-refractivity contribution in [1.82, 2.24) is 0 Å². The van der Waals surface area contributed by atoms with Gasteiger partial charge in [0.2, 0.25) is 5.91 Å². The fourth-order valence-corrected chi connectivity index (χ4v) is 1.16. The molecule has 0 aliphatic heterocycles. The fraction of sp³-hybridized carbons (Fsp3) is 0.300. The maximum absolute atomic E-state index is 10.6. The van der Waals surface area contributed by atoms with Gasteiger partial charge in [0.15, 0.2) is 0 Å². The SMILES string of the molecule is CCOc1cccc(NCC(N)=O)c1N. The van der Waals surface area contributed by atoms with E-state index in [1.807, 2.05) is 6.92 Å². The summed E-state index contributed by atoms with van der Waals surface area (Å²) in [6, 6.07) is 5.33. The first kappa shape index (κ1) is 11.2. The number of hydrogen-bond donors (Lipinski definition) is 3. The summed E-state index contributed by atoms with van der Waals surface area (Å²) in [5.41, 5.74) is 12.0. The van der Waals surface area contributed by atoms with Crippen LogP contribution >= 0.6 is 0 Å². The Bertz CT molecular complexity index is 353. The van der Waals surface area contributed by atoms with Crippen molar-refractivity contribution in [2.24, 2.45) is 5.73 Å². The Hall–Kier alpha value is -1.91. The highest BCUT2D eigenvalue weighted by Crippen LogP contribution is 2.28. The average Bonchev–Trinajstić information content (AvgIpc) is 2.19. The summed E-state index contributed by atoms with van der Waals surface area (Å²) in [5.74, 6) is 0.170. The molecule has 5 nitrogen and oxygen atoms in total. The molecule has 0 spiro atoms. The van der Waals surface area contributed by atoms with Gasteiger partial charge in [-0.1, -0.05) is 6.07 Å². The van der Waals surface area contributed by atoms with Gasteiger partial charge in [-0.3, -0.25) is 4.79 Å². The molecular weight excluding hydrogens is 194 g/mol. The number of para-hydroxylation sites is 1. The minimum absolute atomic E-state index is 0.0553. The molecule has 5 heteroatoms. The zero-order valence-electron chi connectivity index (χ0n) is 8.62. The highest BCUT2D eigenvalue weighted by atomic mass is 16.5. The summed E-state index contributed by atoms with van der Waals surface area (Å²) < 4.78 is 5.30. The Kier molecular flexibility index (Phi) is 3.79. The molecule has 0 aliphatic rings. The maximum atomic E-state index is 10.6. The molecule has 5 N–H and O–H groups in total. The fourth-order valence-electron chi connectivity index (χ4n) is 1.16. The highest BCUT2D eigenvalue weighted by molar-refractivity contribution is 5.81. The Morgan fingerprint density at radius 2 is 2.27 bits per heavy atom. The first-order chi connectivity index (χ1) is 7.15. The van der Waals surface area contributed by atoms with Crippen molar-refractivity contribution in [2.45, 2.75) is 6.92 Å². The zero-order valence-corrected chi connectivity index (χ0v) is 8.62. The van der Waals surface area contributed by atoms with E-state index in [-0.39, 0.29) is 6.54 Å². The second-order valence-corrected chi connectivity index (χ2v) is 2.97. The number of carbonyl (C=O) groups is 1. The van der Waals surface area contributed by atoms with Crippen LogP contribution in [0.15, 0.2) is 18.2 Å². The van der Waals surface area contributed by atoms with Gasteiger partial charge in [-0.25, -0.2) is 0 Å². The summed E-state index contributed by atoms with van der Waals surface area (Å²) in [6.45, 7) is 2.48. The predicted octanol–water partition coefficient (Wildman–Crippen LogP) is 0.565. The van der Waals surface area contributed by atoms with E-state index in [1.54, 1.807) is 18.2 Å². The molecule has 0 saturated carbocycles. The number of nitrogen functional groups attached to an aromatic ring is 1. The van der Waals surface area contributed by atoms with E-state index in [1.165, 1.54) is 0 Å². The van der Waals surface area contributed by atoms with Gasteiger partial charge in [-0.15, -0.1) is 0 Å². The molecule has 0 unspecified atom stereocenters. The molecule has 1 amide bonds. The summed E-state index contributed by atoms with van der Waals surface area (Å²) in [6.07, 6.45) is 0. The van der Waals surface area contributed by atoms with Gasteiger partial charge in [-0.2, -0.15) is 0 Å². The molecule has 0 fully saturated rings. The van der Waals surface area contributed by atoms with E-state index < -0.39 is 5.91 Å². The van der Waals surface area contributed by atoms with Crippen LogP contribution in [0.2, 0.25) is 0 Å². The van der Waals surface area contributed by atoms with Crippen molar-refractivity contribution in [1.29, 1.82) is 0 Å². The standard InChI is InChI=1S/C10H15N3O2/c1-2-15-8-5-3-4-7(10(8)12)13-6-9(11)14/h3-5,13H,2,6,12H2,1H3,(H2,11,14). The second-order valence-electron chi connectivity index (χ2n) is 2.97. The number of nitrogens with two attached hydrogens (primary N) is 2. The minimum Gasteiger partial charge on any atom is -0.492 e. The highest BCUT2D eigenvalue weighted by Gasteiger charge is 2.05. The van der Waals surface area contributed by atoms with Gasteiger partial charge in [0, 0.05) is 0 Å². The van der Waals surface area contributed by atoms with Gasteiger partial charge in [0.1, 0.15) is 5.75 Å². The lowest BCUT2D eigenvalue weighted by Crippen LogP contribution is -2.22. The van der Waals surface area contributed by atoms with Crippen LogP contribution in [0.5, 0.6) is 5.75 Å². The van der Waals surface area contributed by atoms with Gasteiger partial charge in [0.25, 0.3) is 0 Å². The van der Waals surface area contributed by atoms with E-state index in [2.05, 4.69) is 5.32 Å². The molecule has 1 aromatic carbocycles. The first-order valence-corrected chi connectivity index (χ1v) is 4.68. The van der Waals surface area contributed by atoms with E-state index >= 15 is 0 Å². The molecule has 15 heavy (non-hydrogen) atoms. The number of primary amides is 1. The lowest BCUT2D eigenvalue weighted by molar-refractivity contribution is -0.116. The van der Waals surface area contributed by atoms with E-state index in [9.17, 15) is 4.79 Å². The molecule has 0 aliphatic carbocycles. The normalized spacial score (nSPS) is 9.67. The van der Waals surface area contributed by atoms with Crippen LogP contribution in [0, 0.1) is 0 Å². The van der Waals surface area contributed by atoms with Crippen molar-refractivity contribution >= 4 is 17.3 Å². The third-order valence-corrected chi connectivity index (χ3v) is 1.82. The van der Waals surface area contributed by atoms with Crippen molar-refractivity contribution < 1.29 is 9.53 Å². The van der Waals surface area contributed by atoms with Gasteiger partial charge < -0.3 is 21.5 Å². The largest absolute Gasteiger partial charge is 0.492 e. The Balaban J connectivity index is 2.79. The summed E-state index contributed by atoms with van der Waals surface area (Å²) in [7, 11) is 0. The Morgan fingerprint density at radius 3 is 2.87 bits per heavy atom. The number of hydrogen-bond acceptors (Lipinski definition) is 4. The van der Waals surface area contributed by atoms with Crippen LogP contribution in [0.3, 0.4) is 0 Å². The van der Waals surface area contributed by atoms with Gasteiger partial charge >= 0.3 is 0 Å². The summed E-state index contributed by atoms with van der Waals surface area (Å²) in [4.78, 5) is 10.6. The van der Waals surface area contributed by atoms with Crippen molar-refractivity contribution in [3.63, 3.8) is 0 Å². The second kappa shape index (κ2) is 5.09. The topological polar surface area (TPSA) is 90.4 Å². The van der Waals surface area contributed by atoms with E-state index in [0.717, 1.165) is 0 Å². The molecule has 0 saturated heterocycles. The van der Waals surface area contributed by atoms with Crippen LogP contribution < -0.4 is 21.5 Å². The van der Waals surface area contributed by atoms with Crippen LogP contribution in [-0.4, -0.2) is 19.1 Å². The van der Waals surface area contributed by atoms with Crippen molar-refractivity contribution in [3.8, 4) is 5.75 Å². The monoisotopic (exact) mass is 209 g/mol. The number of ether oxygens (including phenoxy) is 1. The predicted molar refractivity (Wildman–Crippen MR) is 59.7 cm³/mol. The van der Waals surface area contributed by atoms with E-state index in [4.69, 9.17) is 16.2 Å². The van der Waals surface area contributed by atoms with Crippen LogP contribution in [0.25, 0.3) is 0 Å². The smallest absolute Gasteiger partial charge is 0.236 e. The molecule has 1 rings (SSSR count). The number of benzene rings is 1.